The van der Waals surface area contributed by atoms with E-state index in [4.69, 9.17) is 10.8 Å². The molecule has 1 heterocycles. The van der Waals surface area contributed by atoms with Crippen molar-refractivity contribution in [3.8, 4) is 0 Å². The summed E-state index contributed by atoms with van der Waals surface area (Å²) >= 11 is 0. The van der Waals surface area contributed by atoms with Crippen molar-refractivity contribution in [1.29, 1.82) is 0 Å². The molecule has 1 fully saturated rings. The SMILES string of the molecule is CC[C@H](N)C(=O)N1CCCC1CCCO. The van der Waals surface area contributed by atoms with Crippen LogP contribution in [0.25, 0.3) is 0 Å². The van der Waals surface area contributed by atoms with Gasteiger partial charge >= 0.3 is 0 Å². The summed E-state index contributed by atoms with van der Waals surface area (Å²) in [4.78, 5) is 13.8. The molecule has 1 saturated heterocycles. The van der Waals surface area contributed by atoms with Crippen LogP contribution in [0.1, 0.15) is 39.0 Å². The Balaban J connectivity index is 2.48. The molecule has 2 atom stereocenters. The number of carbonyl (C=O) groups is 1. The molecule has 4 nitrogen and oxygen atoms in total. The number of aliphatic hydroxyl groups is 1. The van der Waals surface area contributed by atoms with Gasteiger partial charge in [0.2, 0.25) is 5.91 Å². The van der Waals surface area contributed by atoms with E-state index < -0.39 is 0 Å². The van der Waals surface area contributed by atoms with E-state index in [2.05, 4.69) is 0 Å². The minimum atomic E-state index is -0.347. The van der Waals surface area contributed by atoms with Crippen LogP contribution >= 0.6 is 0 Å². The highest BCUT2D eigenvalue weighted by atomic mass is 16.3. The van der Waals surface area contributed by atoms with Crippen LogP contribution in [0.15, 0.2) is 0 Å². The van der Waals surface area contributed by atoms with Crippen LogP contribution in [0.3, 0.4) is 0 Å². The average molecular weight is 214 g/mol. The number of hydrogen-bond acceptors (Lipinski definition) is 3. The molecule has 0 aliphatic carbocycles. The van der Waals surface area contributed by atoms with Gasteiger partial charge in [-0.05, 0) is 32.1 Å². The van der Waals surface area contributed by atoms with Gasteiger partial charge in [-0.1, -0.05) is 6.92 Å². The second-order valence-corrected chi connectivity index (χ2v) is 4.21. The first-order chi connectivity index (χ1) is 7.20. The molecule has 0 bridgehead atoms. The first-order valence-corrected chi connectivity index (χ1v) is 5.87. The molecule has 1 amide bonds. The molecule has 0 radical (unpaired) electrons. The van der Waals surface area contributed by atoms with E-state index >= 15 is 0 Å². The lowest BCUT2D eigenvalue weighted by atomic mass is 10.1. The number of carbonyl (C=O) groups excluding carboxylic acids is 1. The van der Waals surface area contributed by atoms with Crippen molar-refractivity contribution in [3.05, 3.63) is 0 Å². The van der Waals surface area contributed by atoms with Crippen molar-refractivity contribution in [2.45, 2.75) is 51.1 Å². The van der Waals surface area contributed by atoms with E-state index in [-0.39, 0.29) is 18.6 Å². The van der Waals surface area contributed by atoms with E-state index in [0.29, 0.717) is 12.5 Å². The Kier molecular flexibility index (Phi) is 5.05. The highest BCUT2D eigenvalue weighted by molar-refractivity contribution is 5.82. The molecule has 0 aromatic carbocycles. The number of amides is 1. The van der Waals surface area contributed by atoms with Crippen LogP contribution < -0.4 is 5.73 Å². The Morgan fingerprint density at radius 1 is 1.67 bits per heavy atom. The van der Waals surface area contributed by atoms with Crippen LogP contribution in [0.5, 0.6) is 0 Å². The van der Waals surface area contributed by atoms with Crippen molar-refractivity contribution in [3.63, 3.8) is 0 Å². The summed E-state index contributed by atoms with van der Waals surface area (Å²) in [7, 11) is 0. The first kappa shape index (κ1) is 12.5. The molecule has 3 N–H and O–H groups in total. The van der Waals surface area contributed by atoms with Crippen molar-refractivity contribution in [2.75, 3.05) is 13.2 Å². The molecule has 88 valence electrons. The fourth-order valence-electron chi connectivity index (χ4n) is 2.14. The number of nitrogens with two attached hydrogens (primary N) is 1. The highest BCUT2D eigenvalue weighted by Gasteiger charge is 2.30. The lowest BCUT2D eigenvalue weighted by Gasteiger charge is -2.27. The van der Waals surface area contributed by atoms with Crippen molar-refractivity contribution in [1.82, 2.24) is 4.90 Å². The third-order valence-corrected chi connectivity index (χ3v) is 3.11. The van der Waals surface area contributed by atoms with Gasteiger partial charge in [-0.2, -0.15) is 0 Å². The summed E-state index contributed by atoms with van der Waals surface area (Å²) in [5, 5.41) is 8.78. The standard InChI is InChI=1S/C11H22N2O2/c1-2-10(12)11(15)13-7-3-5-9(13)6-4-8-14/h9-10,14H,2-8,12H2,1H3/t9?,10-/m0/s1. The molecule has 4 heteroatoms. The summed E-state index contributed by atoms with van der Waals surface area (Å²) in [6.07, 6.45) is 4.50. The lowest BCUT2D eigenvalue weighted by Crippen LogP contribution is -2.45. The summed E-state index contributed by atoms with van der Waals surface area (Å²) in [5.74, 6) is 0.0814. The molecule has 15 heavy (non-hydrogen) atoms. The molecule has 0 saturated carbocycles. The summed E-state index contributed by atoms with van der Waals surface area (Å²) in [6, 6.07) is -0.0398. The summed E-state index contributed by atoms with van der Waals surface area (Å²) in [6.45, 7) is 2.97. The van der Waals surface area contributed by atoms with Crippen molar-refractivity contribution < 1.29 is 9.90 Å². The van der Waals surface area contributed by atoms with E-state index in [0.717, 1.165) is 32.2 Å². The van der Waals surface area contributed by atoms with Crippen LogP contribution in [-0.4, -0.2) is 41.1 Å². The van der Waals surface area contributed by atoms with Gasteiger partial charge in [-0.15, -0.1) is 0 Å². The molecular weight excluding hydrogens is 192 g/mol. The van der Waals surface area contributed by atoms with Gasteiger partial charge in [0.05, 0.1) is 6.04 Å². The van der Waals surface area contributed by atoms with Gasteiger partial charge in [0.15, 0.2) is 0 Å². The zero-order valence-electron chi connectivity index (χ0n) is 9.48. The number of rotatable bonds is 5. The maximum absolute atomic E-state index is 11.9. The Morgan fingerprint density at radius 2 is 2.40 bits per heavy atom. The number of likely N-dealkylation sites (tertiary alicyclic amines) is 1. The molecule has 0 aromatic rings. The van der Waals surface area contributed by atoms with Gasteiger partial charge in [0, 0.05) is 19.2 Å². The molecule has 1 rings (SSSR count). The molecular formula is C11H22N2O2. The molecule has 0 spiro atoms. The van der Waals surface area contributed by atoms with E-state index in [1.54, 1.807) is 0 Å². The quantitative estimate of drug-likeness (QED) is 0.700. The second-order valence-electron chi connectivity index (χ2n) is 4.21. The zero-order valence-corrected chi connectivity index (χ0v) is 9.48. The maximum Gasteiger partial charge on any atom is 0.239 e. The Morgan fingerprint density at radius 3 is 3.00 bits per heavy atom. The molecule has 1 aliphatic heterocycles. The van der Waals surface area contributed by atoms with Gasteiger partial charge in [0.25, 0.3) is 0 Å². The summed E-state index contributed by atoms with van der Waals surface area (Å²) in [5.41, 5.74) is 5.75. The molecule has 0 aromatic heterocycles. The van der Waals surface area contributed by atoms with Crippen LogP contribution in [0, 0.1) is 0 Å². The van der Waals surface area contributed by atoms with Gasteiger partial charge < -0.3 is 15.7 Å². The third-order valence-electron chi connectivity index (χ3n) is 3.11. The fourth-order valence-corrected chi connectivity index (χ4v) is 2.14. The Bertz CT molecular complexity index is 209. The predicted molar refractivity (Wildman–Crippen MR) is 59.3 cm³/mol. The third kappa shape index (κ3) is 3.18. The van der Waals surface area contributed by atoms with E-state index in [1.807, 2.05) is 11.8 Å². The van der Waals surface area contributed by atoms with Gasteiger partial charge in [0.1, 0.15) is 0 Å². The minimum Gasteiger partial charge on any atom is -0.396 e. The second kappa shape index (κ2) is 6.08. The Labute approximate surface area is 91.4 Å². The topological polar surface area (TPSA) is 66.6 Å². The fraction of sp³-hybridized carbons (Fsp3) is 0.909. The number of hydrogen-bond donors (Lipinski definition) is 2. The number of nitrogens with zero attached hydrogens (tertiary/aromatic N) is 1. The van der Waals surface area contributed by atoms with Gasteiger partial charge in [-0.3, -0.25) is 4.79 Å². The number of aliphatic hydroxyl groups excluding tert-OH is 1. The largest absolute Gasteiger partial charge is 0.396 e. The molecule has 1 unspecified atom stereocenters. The van der Waals surface area contributed by atoms with Crippen molar-refractivity contribution in [2.24, 2.45) is 5.73 Å². The van der Waals surface area contributed by atoms with Crippen LogP contribution in [0.2, 0.25) is 0 Å². The van der Waals surface area contributed by atoms with Crippen molar-refractivity contribution >= 4 is 5.91 Å². The van der Waals surface area contributed by atoms with E-state index in [9.17, 15) is 4.79 Å². The van der Waals surface area contributed by atoms with Crippen LogP contribution in [0.4, 0.5) is 0 Å². The first-order valence-electron chi connectivity index (χ1n) is 5.87. The lowest BCUT2D eigenvalue weighted by molar-refractivity contribution is -0.133. The maximum atomic E-state index is 11.9. The summed E-state index contributed by atoms with van der Waals surface area (Å²) < 4.78 is 0. The molecule has 1 aliphatic rings. The minimum absolute atomic E-state index is 0.0814. The normalized spacial score (nSPS) is 23.1. The zero-order chi connectivity index (χ0) is 11.3. The Hall–Kier alpha value is -0.610. The predicted octanol–water partition coefficient (Wildman–Crippen LogP) is 0.487. The smallest absolute Gasteiger partial charge is 0.239 e. The van der Waals surface area contributed by atoms with Gasteiger partial charge in [-0.25, -0.2) is 0 Å². The van der Waals surface area contributed by atoms with E-state index in [1.165, 1.54) is 0 Å². The average Bonchev–Trinajstić information content (AvgIpc) is 2.72. The monoisotopic (exact) mass is 214 g/mol. The highest BCUT2D eigenvalue weighted by Crippen LogP contribution is 2.22. The van der Waals surface area contributed by atoms with Crippen LogP contribution in [-0.2, 0) is 4.79 Å².